The first-order chi connectivity index (χ1) is 16.0. The first kappa shape index (κ1) is 22.9. The second-order valence-corrected chi connectivity index (χ2v) is 8.67. The molecule has 0 atom stereocenters. The minimum atomic E-state index is 0.0607. The van der Waals surface area contributed by atoms with E-state index in [4.69, 9.17) is 10.6 Å². The molecule has 2 N–H and O–H groups in total. The summed E-state index contributed by atoms with van der Waals surface area (Å²) in [5.41, 5.74) is 7.74. The van der Waals surface area contributed by atoms with E-state index in [0.29, 0.717) is 24.5 Å². The standard InChI is InChI=1S/C23H31N7O3/c1-33-27-21(20-4-2-3-9-30(20)32)18-7-12-29(13-8-18)22(31)19-5-10-28(11-6-19)16-17-14-25-23(24)26-15-17/h2-4,9,14-15,18-19H,5-8,10-13,16H2,1H3,(H2,24,25,26)/b27-21-. The van der Waals surface area contributed by atoms with E-state index in [1.165, 1.54) is 13.3 Å². The quantitative estimate of drug-likeness (QED) is 0.302. The Labute approximate surface area is 193 Å². The third-order valence-electron chi connectivity index (χ3n) is 6.54. The molecule has 0 radical (unpaired) electrons. The molecule has 0 saturated carbocycles. The van der Waals surface area contributed by atoms with Crippen molar-refractivity contribution in [3.8, 4) is 0 Å². The Balaban J connectivity index is 1.28. The molecule has 2 aliphatic rings. The lowest BCUT2D eigenvalue weighted by Crippen LogP contribution is -2.47. The summed E-state index contributed by atoms with van der Waals surface area (Å²) in [5.74, 6) is 0.669. The van der Waals surface area contributed by atoms with Crippen molar-refractivity contribution in [2.75, 3.05) is 39.0 Å². The van der Waals surface area contributed by atoms with Crippen LogP contribution in [0.25, 0.3) is 0 Å². The molecule has 4 heterocycles. The van der Waals surface area contributed by atoms with Gasteiger partial charge in [0.15, 0.2) is 11.9 Å². The van der Waals surface area contributed by atoms with Gasteiger partial charge in [-0.15, -0.1) is 0 Å². The van der Waals surface area contributed by atoms with Crippen LogP contribution in [-0.2, 0) is 16.2 Å². The molecule has 0 aliphatic carbocycles. The number of carbonyl (C=O) groups is 1. The molecule has 1 amide bonds. The molecule has 10 nitrogen and oxygen atoms in total. The molecule has 2 fully saturated rings. The fraction of sp³-hybridized carbons (Fsp3) is 0.522. The maximum atomic E-state index is 13.1. The number of oxime groups is 1. The van der Waals surface area contributed by atoms with E-state index < -0.39 is 0 Å². The van der Waals surface area contributed by atoms with Crippen molar-refractivity contribution in [2.45, 2.75) is 32.2 Å². The number of nitrogens with two attached hydrogens (primary N) is 1. The van der Waals surface area contributed by atoms with Gasteiger partial charge in [-0.2, -0.15) is 4.73 Å². The normalized spacial score (nSPS) is 18.9. The summed E-state index contributed by atoms with van der Waals surface area (Å²) in [6, 6.07) is 5.27. The molecule has 33 heavy (non-hydrogen) atoms. The van der Waals surface area contributed by atoms with Gasteiger partial charge in [0.25, 0.3) is 0 Å². The van der Waals surface area contributed by atoms with E-state index >= 15 is 0 Å². The van der Waals surface area contributed by atoms with E-state index in [1.54, 1.807) is 24.5 Å². The van der Waals surface area contributed by atoms with E-state index in [0.717, 1.165) is 55.6 Å². The molecule has 0 aromatic carbocycles. The van der Waals surface area contributed by atoms with Gasteiger partial charge in [-0.05, 0) is 44.8 Å². The van der Waals surface area contributed by atoms with Crippen LogP contribution in [-0.4, -0.2) is 64.7 Å². The Morgan fingerprint density at radius 2 is 1.82 bits per heavy atom. The number of aromatic nitrogens is 3. The molecule has 2 aromatic rings. The Morgan fingerprint density at radius 1 is 1.15 bits per heavy atom. The number of nitrogens with zero attached hydrogens (tertiary/aromatic N) is 6. The first-order valence-corrected chi connectivity index (χ1v) is 11.4. The van der Waals surface area contributed by atoms with E-state index in [1.807, 2.05) is 11.0 Å². The second kappa shape index (κ2) is 10.6. The van der Waals surface area contributed by atoms with Crippen LogP contribution in [0.2, 0.25) is 0 Å². The number of piperidine rings is 2. The van der Waals surface area contributed by atoms with Gasteiger partial charge in [-0.1, -0.05) is 5.16 Å². The average Bonchev–Trinajstić information content (AvgIpc) is 2.85. The van der Waals surface area contributed by atoms with Crippen molar-refractivity contribution < 1.29 is 14.4 Å². The zero-order valence-corrected chi connectivity index (χ0v) is 19.0. The highest BCUT2D eigenvalue weighted by atomic mass is 16.6. The number of anilines is 1. The zero-order valence-electron chi connectivity index (χ0n) is 19.0. The highest BCUT2D eigenvalue weighted by Gasteiger charge is 2.34. The molecule has 2 saturated heterocycles. The predicted octanol–water partition coefficient (Wildman–Crippen LogP) is 1.19. The monoisotopic (exact) mass is 453 g/mol. The molecule has 2 aromatic heterocycles. The van der Waals surface area contributed by atoms with Gasteiger partial charge in [0.1, 0.15) is 7.11 Å². The van der Waals surface area contributed by atoms with Crippen LogP contribution in [0, 0.1) is 17.0 Å². The largest absolute Gasteiger partial charge is 0.618 e. The van der Waals surface area contributed by atoms with Crippen molar-refractivity contribution in [3.63, 3.8) is 0 Å². The average molecular weight is 454 g/mol. The smallest absolute Gasteiger partial charge is 0.241 e. The van der Waals surface area contributed by atoms with Gasteiger partial charge < -0.3 is 20.7 Å². The predicted molar refractivity (Wildman–Crippen MR) is 123 cm³/mol. The van der Waals surface area contributed by atoms with Crippen LogP contribution in [0.5, 0.6) is 0 Å². The van der Waals surface area contributed by atoms with Gasteiger partial charge in [0.2, 0.25) is 17.5 Å². The van der Waals surface area contributed by atoms with Crippen molar-refractivity contribution in [2.24, 2.45) is 17.0 Å². The van der Waals surface area contributed by atoms with Crippen LogP contribution in [0.3, 0.4) is 0 Å². The first-order valence-electron chi connectivity index (χ1n) is 11.4. The van der Waals surface area contributed by atoms with Crippen molar-refractivity contribution >= 4 is 17.6 Å². The van der Waals surface area contributed by atoms with Crippen LogP contribution in [0.1, 0.15) is 36.9 Å². The number of hydrogen-bond donors (Lipinski definition) is 1. The van der Waals surface area contributed by atoms with E-state index in [9.17, 15) is 10.0 Å². The molecule has 0 unspecified atom stereocenters. The summed E-state index contributed by atoms with van der Waals surface area (Å²) < 4.78 is 0.819. The Bertz CT molecular complexity index is 966. The summed E-state index contributed by atoms with van der Waals surface area (Å²) in [6.07, 6.45) is 8.21. The van der Waals surface area contributed by atoms with Gasteiger partial charge in [0, 0.05) is 61.6 Å². The summed E-state index contributed by atoms with van der Waals surface area (Å²) in [5, 5.41) is 16.4. The fourth-order valence-electron chi connectivity index (χ4n) is 4.73. The number of rotatable bonds is 6. The lowest BCUT2D eigenvalue weighted by molar-refractivity contribution is -0.607. The van der Waals surface area contributed by atoms with Crippen molar-refractivity contribution in [1.29, 1.82) is 0 Å². The zero-order chi connectivity index (χ0) is 23.2. The van der Waals surface area contributed by atoms with Gasteiger partial charge in [0.05, 0.1) is 0 Å². The minimum Gasteiger partial charge on any atom is -0.618 e. The lowest BCUT2D eigenvalue weighted by Gasteiger charge is -2.37. The Kier molecular flexibility index (Phi) is 7.33. The molecular weight excluding hydrogens is 422 g/mol. The van der Waals surface area contributed by atoms with E-state index in [2.05, 4.69) is 20.0 Å². The van der Waals surface area contributed by atoms with E-state index in [-0.39, 0.29) is 23.7 Å². The lowest BCUT2D eigenvalue weighted by atomic mass is 9.88. The summed E-state index contributed by atoms with van der Waals surface area (Å²) in [4.78, 5) is 30.6. The summed E-state index contributed by atoms with van der Waals surface area (Å²) in [7, 11) is 1.49. The number of pyridine rings is 1. The Morgan fingerprint density at radius 3 is 2.45 bits per heavy atom. The van der Waals surface area contributed by atoms with Gasteiger partial charge in [-0.25, -0.2) is 9.97 Å². The van der Waals surface area contributed by atoms with Crippen LogP contribution in [0.15, 0.2) is 41.9 Å². The second-order valence-electron chi connectivity index (χ2n) is 8.67. The summed E-state index contributed by atoms with van der Waals surface area (Å²) in [6.45, 7) is 3.86. The maximum Gasteiger partial charge on any atom is 0.241 e. The fourth-order valence-corrected chi connectivity index (χ4v) is 4.73. The number of likely N-dealkylation sites (tertiary alicyclic amines) is 2. The number of amides is 1. The summed E-state index contributed by atoms with van der Waals surface area (Å²) >= 11 is 0. The van der Waals surface area contributed by atoms with Crippen molar-refractivity contribution in [3.05, 3.63) is 53.3 Å². The molecule has 4 rings (SSSR count). The highest BCUT2D eigenvalue weighted by molar-refractivity contribution is 5.99. The molecule has 2 aliphatic heterocycles. The van der Waals surface area contributed by atoms with Crippen molar-refractivity contribution in [1.82, 2.24) is 19.8 Å². The topological polar surface area (TPSA) is 124 Å². The number of nitrogen functional groups attached to an aromatic ring is 1. The maximum absolute atomic E-state index is 13.1. The third-order valence-corrected chi connectivity index (χ3v) is 6.54. The molecule has 176 valence electrons. The molecule has 10 heteroatoms. The van der Waals surface area contributed by atoms with Crippen LogP contribution >= 0.6 is 0 Å². The molecular formula is C23H31N7O3. The highest BCUT2D eigenvalue weighted by Crippen LogP contribution is 2.26. The number of carbonyl (C=O) groups excluding carboxylic acids is 1. The molecule has 0 bridgehead atoms. The van der Waals surface area contributed by atoms with Crippen LogP contribution in [0.4, 0.5) is 5.95 Å². The molecule has 0 spiro atoms. The SMILES string of the molecule is CO/N=C(\c1cccc[n+]1[O-])C1CCN(C(=O)C2CCN(Cc3cnc(N)nc3)CC2)CC1. The van der Waals surface area contributed by atoms with Gasteiger partial charge in [-0.3, -0.25) is 9.69 Å². The minimum absolute atomic E-state index is 0.0607. The number of hydrogen-bond acceptors (Lipinski definition) is 8. The third kappa shape index (κ3) is 5.57. The van der Waals surface area contributed by atoms with Gasteiger partial charge >= 0.3 is 0 Å². The van der Waals surface area contributed by atoms with Crippen LogP contribution < -0.4 is 10.5 Å². The Hall–Kier alpha value is -3.27.